The Kier molecular flexibility index (Phi) is 6.55. The van der Waals surface area contributed by atoms with Gasteiger partial charge in [-0.2, -0.15) is 0 Å². The molecule has 0 bridgehead atoms. The molecular formula is C18H23N3O3S. The van der Waals surface area contributed by atoms with E-state index in [0.717, 1.165) is 0 Å². The van der Waals surface area contributed by atoms with Gasteiger partial charge in [0.2, 0.25) is 11.8 Å². The van der Waals surface area contributed by atoms with Gasteiger partial charge in [0.05, 0.1) is 19.3 Å². The Morgan fingerprint density at radius 1 is 1.28 bits per heavy atom. The fourth-order valence-electron chi connectivity index (χ4n) is 2.39. The molecule has 2 aromatic rings. The van der Waals surface area contributed by atoms with E-state index in [1.807, 2.05) is 23.4 Å². The fourth-order valence-corrected chi connectivity index (χ4v) is 3.23. The fraction of sp³-hybridized carbons (Fsp3) is 0.333. The number of ether oxygens (including phenoxy) is 1. The molecule has 134 valence electrons. The first-order valence-corrected chi connectivity index (χ1v) is 8.77. The summed E-state index contributed by atoms with van der Waals surface area (Å²) in [5.41, 5.74) is 1.12. The lowest BCUT2D eigenvalue weighted by molar-refractivity contribution is -0.117. The van der Waals surface area contributed by atoms with Gasteiger partial charge in [0, 0.05) is 23.5 Å². The van der Waals surface area contributed by atoms with Crippen LogP contribution in [-0.4, -0.2) is 37.4 Å². The monoisotopic (exact) mass is 361 g/mol. The van der Waals surface area contributed by atoms with Crippen molar-refractivity contribution in [2.24, 2.45) is 0 Å². The topological polar surface area (TPSA) is 70.7 Å². The van der Waals surface area contributed by atoms with Gasteiger partial charge < -0.3 is 15.4 Å². The van der Waals surface area contributed by atoms with Crippen molar-refractivity contribution >= 4 is 34.5 Å². The molecule has 2 rings (SSSR count). The number of anilines is 2. The largest absolute Gasteiger partial charge is 0.495 e. The van der Waals surface area contributed by atoms with Gasteiger partial charge >= 0.3 is 0 Å². The lowest BCUT2D eigenvalue weighted by atomic mass is 10.2. The smallest absolute Gasteiger partial charge is 0.238 e. The number of hydrogen-bond acceptors (Lipinski definition) is 5. The summed E-state index contributed by atoms with van der Waals surface area (Å²) >= 11 is 1.67. The Morgan fingerprint density at radius 3 is 2.64 bits per heavy atom. The van der Waals surface area contributed by atoms with E-state index in [2.05, 4.69) is 23.6 Å². The van der Waals surface area contributed by atoms with E-state index in [9.17, 15) is 9.59 Å². The van der Waals surface area contributed by atoms with Crippen LogP contribution in [0.4, 0.5) is 11.4 Å². The minimum absolute atomic E-state index is 0.149. The van der Waals surface area contributed by atoms with E-state index < -0.39 is 0 Å². The molecule has 1 unspecified atom stereocenters. The molecule has 1 aromatic heterocycles. The van der Waals surface area contributed by atoms with Crippen molar-refractivity contribution in [2.75, 3.05) is 31.3 Å². The molecule has 0 aliphatic heterocycles. The summed E-state index contributed by atoms with van der Waals surface area (Å²) in [6, 6.07) is 9.32. The number of hydrogen-bond donors (Lipinski definition) is 2. The first-order chi connectivity index (χ1) is 11.9. The van der Waals surface area contributed by atoms with Crippen molar-refractivity contribution in [2.45, 2.75) is 19.9 Å². The Bertz CT molecular complexity index is 731. The number of methoxy groups -OCH3 is 1. The summed E-state index contributed by atoms with van der Waals surface area (Å²) in [6.07, 6.45) is 0. The first kappa shape index (κ1) is 19.0. The number of likely N-dealkylation sites (N-methyl/N-ethyl adjacent to an activating group) is 1. The van der Waals surface area contributed by atoms with E-state index >= 15 is 0 Å². The summed E-state index contributed by atoms with van der Waals surface area (Å²) in [5.74, 6) is 0.215. The average Bonchev–Trinajstić information content (AvgIpc) is 3.08. The van der Waals surface area contributed by atoms with Crippen LogP contribution in [0.1, 0.15) is 24.8 Å². The number of nitrogens with one attached hydrogen (secondary N) is 2. The van der Waals surface area contributed by atoms with E-state index in [4.69, 9.17) is 4.74 Å². The van der Waals surface area contributed by atoms with Gasteiger partial charge in [0.1, 0.15) is 5.75 Å². The lowest BCUT2D eigenvalue weighted by Crippen LogP contribution is -2.32. The molecule has 0 fully saturated rings. The molecule has 1 heterocycles. The summed E-state index contributed by atoms with van der Waals surface area (Å²) in [7, 11) is 3.45. The van der Waals surface area contributed by atoms with Crippen LogP contribution >= 0.6 is 11.3 Å². The molecule has 1 atom stereocenters. The molecule has 0 radical (unpaired) electrons. The summed E-state index contributed by atoms with van der Waals surface area (Å²) in [5, 5.41) is 7.57. The number of carbonyl (C=O) groups is 2. The Balaban J connectivity index is 2.04. The zero-order valence-electron chi connectivity index (χ0n) is 14.8. The molecule has 0 aliphatic rings. The normalized spacial score (nSPS) is 11.9. The SMILES string of the molecule is COc1ccc(NC(C)=O)cc1NC(=O)CN(C)C(C)c1cccs1. The average molecular weight is 361 g/mol. The third kappa shape index (κ3) is 5.30. The van der Waals surface area contributed by atoms with Gasteiger partial charge in [0.25, 0.3) is 0 Å². The van der Waals surface area contributed by atoms with Crippen molar-refractivity contribution in [1.82, 2.24) is 4.90 Å². The summed E-state index contributed by atoms with van der Waals surface area (Å²) in [6.45, 7) is 3.74. The van der Waals surface area contributed by atoms with Crippen LogP contribution in [0.25, 0.3) is 0 Å². The van der Waals surface area contributed by atoms with Crippen LogP contribution in [0, 0.1) is 0 Å². The van der Waals surface area contributed by atoms with Gasteiger partial charge in [-0.3, -0.25) is 14.5 Å². The Morgan fingerprint density at radius 2 is 2.04 bits per heavy atom. The van der Waals surface area contributed by atoms with E-state index in [1.54, 1.807) is 29.5 Å². The zero-order chi connectivity index (χ0) is 18.4. The second-order valence-corrected chi connectivity index (χ2v) is 6.73. The predicted octanol–water partition coefficient (Wildman–Crippen LogP) is 3.35. The molecule has 7 heteroatoms. The quantitative estimate of drug-likeness (QED) is 0.793. The van der Waals surface area contributed by atoms with Crippen LogP contribution < -0.4 is 15.4 Å². The standard InChI is InChI=1S/C18H23N3O3S/c1-12(17-6-5-9-25-17)21(3)11-18(23)20-15-10-14(19-13(2)22)7-8-16(15)24-4/h5-10,12H,11H2,1-4H3,(H,19,22)(H,20,23). The molecule has 6 nitrogen and oxygen atoms in total. The number of thiophene rings is 1. The van der Waals surface area contributed by atoms with Gasteiger partial charge in [0.15, 0.2) is 0 Å². The van der Waals surface area contributed by atoms with Crippen LogP contribution in [0.2, 0.25) is 0 Å². The molecule has 1 aromatic carbocycles. The second kappa shape index (κ2) is 8.64. The van der Waals surface area contributed by atoms with E-state index in [-0.39, 0.29) is 24.4 Å². The first-order valence-electron chi connectivity index (χ1n) is 7.90. The minimum Gasteiger partial charge on any atom is -0.495 e. The summed E-state index contributed by atoms with van der Waals surface area (Å²) in [4.78, 5) is 26.8. The zero-order valence-corrected chi connectivity index (χ0v) is 15.6. The van der Waals surface area contributed by atoms with Gasteiger partial charge in [-0.1, -0.05) is 6.07 Å². The number of benzene rings is 1. The molecule has 0 aliphatic carbocycles. The highest BCUT2D eigenvalue weighted by Crippen LogP contribution is 2.28. The molecule has 0 saturated heterocycles. The second-order valence-electron chi connectivity index (χ2n) is 5.75. The van der Waals surface area contributed by atoms with Crippen LogP contribution in [0.15, 0.2) is 35.7 Å². The molecule has 0 spiro atoms. The number of rotatable bonds is 7. The number of nitrogens with zero attached hydrogens (tertiary/aromatic N) is 1. The predicted molar refractivity (Wildman–Crippen MR) is 101 cm³/mol. The van der Waals surface area contributed by atoms with Crippen LogP contribution in [-0.2, 0) is 9.59 Å². The Hall–Kier alpha value is -2.38. The van der Waals surface area contributed by atoms with E-state index in [1.165, 1.54) is 18.9 Å². The van der Waals surface area contributed by atoms with Crippen LogP contribution in [0.3, 0.4) is 0 Å². The Labute approximate surface area is 151 Å². The van der Waals surface area contributed by atoms with Crippen LogP contribution in [0.5, 0.6) is 5.75 Å². The maximum Gasteiger partial charge on any atom is 0.238 e. The van der Waals surface area contributed by atoms with Crippen molar-refractivity contribution in [3.63, 3.8) is 0 Å². The minimum atomic E-state index is -0.174. The third-order valence-corrected chi connectivity index (χ3v) is 4.85. The van der Waals surface area contributed by atoms with E-state index in [0.29, 0.717) is 17.1 Å². The molecule has 25 heavy (non-hydrogen) atoms. The molecule has 0 saturated carbocycles. The van der Waals surface area contributed by atoms with Crippen molar-refractivity contribution in [1.29, 1.82) is 0 Å². The molecular weight excluding hydrogens is 338 g/mol. The highest BCUT2D eigenvalue weighted by atomic mass is 32.1. The maximum absolute atomic E-state index is 12.4. The van der Waals surface area contributed by atoms with Crippen molar-refractivity contribution in [3.8, 4) is 5.75 Å². The molecule has 2 N–H and O–H groups in total. The van der Waals surface area contributed by atoms with Crippen molar-refractivity contribution in [3.05, 3.63) is 40.6 Å². The summed E-state index contributed by atoms with van der Waals surface area (Å²) < 4.78 is 5.28. The van der Waals surface area contributed by atoms with Crippen molar-refractivity contribution < 1.29 is 14.3 Å². The molecule has 2 amide bonds. The number of carbonyl (C=O) groups excluding carboxylic acids is 2. The maximum atomic E-state index is 12.4. The highest BCUT2D eigenvalue weighted by Gasteiger charge is 2.17. The third-order valence-electron chi connectivity index (χ3n) is 3.80. The number of amides is 2. The van der Waals surface area contributed by atoms with Gasteiger partial charge in [-0.05, 0) is 43.6 Å². The van der Waals surface area contributed by atoms with Gasteiger partial charge in [-0.15, -0.1) is 11.3 Å². The van der Waals surface area contributed by atoms with Gasteiger partial charge in [-0.25, -0.2) is 0 Å². The lowest BCUT2D eigenvalue weighted by Gasteiger charge is -2.23. The highest BCUT2D eigenvalue weighted by molar-refractivity contribution is 7.10.